The maximum absolute atomic E-state index is 10.5. The van der Waals surface area contributed by atoms with E-state index in [0.717, 1.165) is 11.3 Å². The Morgan fingerprint density at radius 2 is 2.13 bits per heavy atom. The molecule has 0 aliphatic rings. The van der Waals surface area contributed by atoms with Gasteiger partial charge in [-0.15, -0.1) is 0 Å². The van der Waals surface area contributed by atoms with E-state index in [-0.39, 0.29) is 12.5 Å². The number of anilines is 1. The lowest BCUT2D eigenvalue weighted by atomic mass is 10.1. The first-order valence-electron chi connectivity index (χ1n) is 5.04. The molecule has 82 valence electrons. The third kappa shape index (κ3) is 3.62. The molecule has 2 N–H and O–H groups in total. The molecule has 3 nitrogen and oxygen atoms in total. The van der Waals surface area contributed by atoms with E-state index in [1.165, 1.54) is 5.56 Å². The maximum Gasteiger partial charge on any atom is 0.305 e. The Hall–Kier alpha value is -1.51. The Morgan fingerprint density at radius 1 is 1.47 bits per heavy atom. The van der Waals surface area contributed by atoms with Gasteiger partial charge in [0.1, 0.15) is 0 Å². The standard InChI is InChI=1S/C12H17NO2/c1-8-4-5-11(9(2)6-8)13-10(3)7-12(14)15/h4-6,10,13H,7H2,1-3H3,(H,14,15). The van der Waals surface area contributed by atoms with Gasteiger partial charge in [-0.05, 0) is 32.4 Å². The summed E-state index contributed by atoms with van der Waals surface area (Å²) in [4.78, 5) is 10.5. The van der Waals surface area contributed by atoms with E-state index >= 15 is 0 Å². The number of carbonyl (C=O) groups is 1. The lowest BCUT2D eigenvalue weighted by molar-refractivity contribution is -0.137. The monoisotopic (exact) mass is 207 g/mol. The van der Waals surface area contributed by atoms with Crippen LogP contribution in [-0.2, 0) is 4.79 Å². The van der Waals surface area contributed by atoms with Crippen LogP contribution in [0.15, 0.2) is 18.2 Å². The molecule has 1 aromatic carbocycles. The Balaban J connectivity index is 2.68. The highest BCUT2D eigenvalue weighted by Gasteiger charge is 2.08. The van der Waals surface area contributed by atoms with Gasteiger partial charge in [0.25, 0.3) is 0 Å². The van der Waals surface area contributed by atoms with E-state index in [9.17, 15) is 4.79 Å². The molecule has 0 saturated carbocycles. The van der Waals surface area contributed by atoms with Crippen molar-refractivity contribution in [1.82, 2.24) is 0 Å². The van der Waals surface area contributed by atoms with Gasteiger partial charge in [-0.1, -0.05) is 17.7 Å². The minimum atomic E-state index is -0.778. The minimum absolute atomic E-state index is 0.0519. The van der Waals surface area contributed by atoms with Crippen LogP contribution in [0.2, 0.25) is 0 Å². The van der Waals surface area contributed by atoms with Crippen LogP contribution in [0.3, 0.4) is 0 Å². The Kier molecular flexibility index (Phi) is 3.72. The molecule has 1 unspecified atom stereocenters. The predicted molar refractivity (Wildman–Crippen MR) is 61.3 cm³/mol. The van der Waals surface area contributed by atoms with Crippen LogP contribution in [0, 0.1) is 13.8 Å². The molecule has 0 bridgehead atoms. The highest BCUT2D eigenvalue weighted by Crippen LogP contribution is 2.17. The average molecular weight is 207 g/mol. The fourth-order valence-corrected chi connectivity index (χ4v) is 1.55. The number of carboxylic acid groups (broad SMARTS) is 1. The van der Waals surface area contributed by atoms with Gasteiger partial charge in [-0.3, -0.25) is 4.79 Å². The van der Waals surface area contributed by atoms with Gasteiger partial charge in [0, 0.05) is 11.7 Å². The molecule has 0 aliphatic heterocycles. The lowest BCUT2D eigenvalue weighted by Gasteiger charge is -2.15. The van der Waals surface area contributed by atoms with Crippen LogP contribution in [0.4, 0.5) is 5.69 Å². The van der Waals surface area contributed by atoms with Crippen molar-refractivity contribution in [2.24, 2.45) is 0 Å². The molecule has 0 radical (unpaired) electrons. The molecule has 1 rings (SSSR count). The number of rotatable bonds is 4. The summed E-state index contributed by atoms with van der Waals surface area (Å²) < 4.78 is 0. The molecule has 0 aromatic heterocycles. The molecule has 0 saturated heterocycles. The summed E-state index contributed by atoms with van der Waals surface area (Å²) in [5.41, 5.74) is 3.37. The fourth-order valence-electron chi connectivity index (χ4n) is 1.55. The normalized spacial score (nSPS) is 12.2. The van der Waals surface area contributed by atoms with Crippen LogP contribution in [-0.4, -0.2) is 17.1 Å². The number of hydrogen-bond donors (Lipinski definition) is 2. The van der Waals surface area contributed by atoms with Crippen molar-refractivity contribution in [2.75, 3.05) is 5.32 Å². The second-order valence-corrected chi connectivity index (χ2v) is 3.96. The highest BCUT2D eigenvalue weighted by molar-refractivity contribution is 5.68. The second-order valence-electron chi connectivity index (χ2n) is 3.96. The topological polar surface area (TPSA) is 49.3 Å². The molecule has 0 aliphatic carbocycles. The molecule has 0 spiro atoms. The zero-order valence-electron chi connectivity index (χ0n) is 9.37. The molecule has 0 heterocycles. The highest BCUT2D eigenvalue weighted by atomic mass is 16.4. The van der Waals surface area contributed by atoms with E-state index in [1.54, 1.807) is 0 Å². The summed E-state index contributed by atoms with van der Waals surface area (Å²) in [5, 5.41) is 11.8. The van der Waals surface area contributed by atoms with Gasteiger partial charge in [-0.25, -0.2) is 0 Å². The largest absolute Gasteiger partial charge is 0.481 e. The van der Waals surface area contributed by atoms with Crippen LogP contribution in [0.25, 0.3) is 0 Å². The summed E-state index contributed by atoms with van der Waals surface area (Å²) in [5.74, 6) is -0.778. The van der Waals surface area contributed by atoms with Gasteiger partial charge in [0.2, 0.25) is 0 Å². The van der Waals surface area contributed by atoms with Gasteiger partial charge in [-0.2, -0.15) is 0 Å². The summed E-state index contributed by atoms with van der Waals surface area (Å²) >= 11 is 0. The molecule has 0 fully saturated rings. The SMILES string of the molecule is Cc1ccc(NC(C)CC(=O)O)c(C)c1. The van der Waals surface area contributed by atoms with Crippen molar-refractivity contribution in [2.45, 2.75) is 33.2 Å². The third-order valence-corrected chi connectivity index (χ3v) is 2.26. The van der Waals surface area contributed by atoms with Crippen molar-refractivity contribution in [3.63, 3.8) is 0 Å². The van der Waals surface area contributed by atoms with Crippen LogP contribution < -0.4 is 5.32 Å². The number of aliphatic carboxylic acids is 1. The van der Waals surface area contributed by atoms with Gasteiger partial charge < -0.3 is 10.4 Å². The van der Waals surface area contributed by atoms with Crippen molar-refractivity contribution >= 4 is 11.7 Å². The Bertz CT molecular complexity index is 361. The van der Waals surface area contributed by atoms with Crippen LogP contribution in [0.5, 0.6) is 0 Å². The number of nitrogens with one attached hydrogen (secondary N) is 1. The van der Waals surface area contributed by atoms with Crippen LogP contribution >= 0.6 is 0 Å². The molecular weight excluding hydrogens is 190 g/mol. The second kappa shape index (κ2) is 4.82. The molecule has 0 amide bonds. The first-order valence-corrected chi connectivity index (χ1v) is 5.04. The van der Waals surface area contributed by atoms with E-state index in [2.05, 4.69) is 11.4 Å². The van der Waals surface area contributed by atoms with Gasteiger partial charge in [0.15, 0.2) is 0 Å². The molecular formula is C12H17NO2. The molecule has 1 aromatic rings. The van der Waals surface area contributed by atoms with E-state index < -0.39 is 5.97 Å². The number of carboxylic acids is 1. The van der Waals surface area contributed by atoms with Gasteiger partial charge >= 0.3 is 5.97 Å². The number of hydrogen-bond acceptors (Lipinski definition) is 2. The van der Waals surface area contributed by atoms with Crippen LogP contribution in [0.1, 0.15) is 24.5 Å². The third-order valence-electron chi connectivity index (χ3n) is 2.26. The predicted octanol–water partition coefficient (Wildman–Crippen LogP) is 2.58. The Labute approximate surface area is 90.1 Å². The van der Waals surface area contributed by atoms with Crippen molar-refractivity contribution in [3.8, 4) is 0 Å². The average Bonchev–Trinajstić information content (AvgIpc) is 2.08. The zero-order chi connectivity index (χ0) is 11.4. The smallest absolute Gasteiger partial charge is 0.305 e. The Morgan fingerprint density at radius 3 is 2.67 bits per heavy atom. The summed E-state index contributed by atoms with van der Waals surface area (Å²) in [6.45, 7) is 5.92. The van der Waals surface area contributed by atoms with E-state index in [1.807, 2.05) is 32.9 Å². The summed E-state index contributed by atoms with van der Waals surface area (Å²) in [7, 11) is 0. The lowest BCUT2D eigenvalue weighted by Crippen LogP contribution is -2.19. The first kappa shape index (κ1) is 11.6. The summed E-state index contributed by atoms with van der Waals surface area (Å²) in [6.07, 6.45) is 0.132. The zero-order valence-corrected chi connectivity index (χ0v) is 9.37. The minimum Gasteiger partial charge on any atom is -0.481 e. The molecule has 15 heavy (non-hydrogen) atoms. The van der Waals surface area contributed by atoms with Crippen molar-refractivity contribution in [3.05, 3.63) is 29.3 Å². The van der Waals surface area contributed by atoms with Crippen molar-refractivity contribution in [1.29, 1.82) is 0 Å². The van der Waals surface area contributed by atoms with E-state index in [4.69, 9.17) is 5.11 Å². The summed E-state index contributed by atoms with van der Waals surface area (Å²) in [6, 6.07) is 6.03. The van der Waals surface area contributed by atoms with Gasteiger partial charge in [0.05, 0.1) is 6.42 Å². The molecule has 3 heteroatoms. The van der Waals surface area contributed by atoms with E-state index in [0.29, 0.717) is 0 Å². The quantitative estimate of drug-likeness (QED) is 0.797. The fraction of sp³-hybridized carbons (Fsp3) is 0.417. The first-order chi connectivity index (χ1) is 6.99. The number of aryl methyl sites for hydroxylation is 2. The van der Waals surface area contributed by atoms with Crippen molar-refractivity contribution < 1.29 is 9.90 Å². The maximum atomic E-state index is 10.5. The molecule has 1 atom stereocenters. The number of benzene rings is 1.